The standard InChI is InChI=1S/C20H23ClO7/c1-5-10(2)17(23)26-14-8-19(4)15(22)7-12(28-19)11(3)6-13-16(14)20(25,9-21)18(24)27-13/h5-7,13-14,16,25H,8-9H2,1-4H3/b10-5-,11-6-/t13-,14+,16-,19+,20+/m0/s1. The molecule has 8 heteroatoms. The summed E-state index contributed by atoms with van der Waals surface area (Å²) in [6.45, 7) is 6.58. The van der Waals surface area contributed by atoms with Gasteiger partial charge in [0.05, 0.1) is 11.8 Å². The topological polar surface area (TPSA) is 99.1 Å². The number of fused-ring (bicyclic) bond motifs is 3. The van der Waals surface area contributed by atoms with E-state index in [2.05, 4.69) is 0 Å². The van der Waals surface area contributed by atoms with Gasteiger partial charge in [0.1, 0.15) is 18.0 Å². The number of aliphatic hydroxyl groups is 1. The molecule has 0 spiro atoms. The summed E-state index contributed by atoms with van der Waals surface area (Å²) in [5.74, 6) is -2.86. The summed E-state index contributed by atoms with van der Waals surface area (Å²) in [6.07, 6.45) is 2.56. The summed E-state index contributed by atoms with van der Waals surface area (Å²) in [7, 11) is 0. The lowest BCUT2D eigenvalue weighted by molar-refractivity contribution is -0.163. The highest BCUT2D eigenvalue weighted by Crippen LogP contribution is 2.45. The molecule has 1 N–H and O–H groups in total. The van der Waals surface area contributed by atoms with E-state index in [1.807, 2.05) is 0 Å². The maximum atomic E-state index is 12.6. The number of carbonyl (C=O) groups excluding carboxylic acids is 3. The first-order chi connectivity index (χ1) is 13.1. The van der Waals surface area contributed by atoms with Crippen LogP contribution in [-0.4, -0.2) is 52.1 Å². The Morgan fingerprint density at radius 3 is 2.75 bits per heavy atom. The fourth-order valence-corrected chi connectivity index (χ4v) is 4.03. The monoisotopic (exact) mass is 410 g/mol. The van der Waals surface area contributed by atoms with Crippen molar-refractivity contribution in [1.29, 1.82) is 0 Å². The third-order valence-electron chi connectivity index (χ3n) is 5.63. The molecule has 3 aliphatic rings. The molecule has 0 aromatic carbocycles. The number of carbonyl (C=O) groups is 3. The molecule has 0 aliphatic carbocycles. The highest BCUT2D eigenvalue weighted by atomic mass is 35.5. The van der Waals surface area contributed by atoms with Gasteiger partial charge in [-0.3, -0.25) is 4.79 Å². The van der Waals surface area contributed by atoms with Crippen LogP contribution in [0.3, 0.4) is 0 Å². The van der Waals surface area contributed by atoms with E-state index in [1.54, 1.807) is 39.8 Å². The first-order valence-electron chi connectivity index (χ1n) is 9.03. The van der Waals surface area contributed by atoms with Crippen LogP contribution in [0, 0.1) is 5.92 Å². The molecule has 152 valence electrons. The molecule has 0 aromatic rings. The molecular weight excluding hydrogens is 388 g/mol. The van der Waals surface area contributed by atoms with Crippen LogP contribution in [0.4, 0.5) is 0 Å². The molecule has 2 bridgehead atoms. The number of rotatable bonds is 3. The second kappa shape index (κ2) is 7.04. The van der Waals surface area contributed by atoms with Crippen molar-refractivity contribution in [2.45, 2.75) is 57.5 Å². The Kier molecular flexibility index (Phi) is 5.18. The number of hydrogen-bond donors (Lipinski definition) is 1. The van der Waals surface area contributed by atoms with E-state index < -0.39 is 47.1 Å². The van der Waals surface area contributed by atoms with Gasteiger partial charge in [-0.1, -0.05) is 6.08 Å². The third kappa shape index (κ3) is 3.16. The second-order valence-corrected chi connectivity index (χ2v) is 7.90. The minimum Gasteiger partial charge on any atom is -0.479 e. The van der Waals surface area contributed by atoms with Crippen molar-refractivity contribution in [2.24, 2.45) is 5.92 Å². The van der Waals surface area contributed by atoms with Gasteiger partial charge >= 0.3 is 11.9 Å². The molecular formula is C20H23ClO7. The number of ketones is 1. The van der Waals surface area contributed by atoms with Gasteiger partial charge in [-0.25, -0.2) is 9.59 Å². The smallest absolute Gasteiger partial charge is 0.340 e. The minimum absolute atomic E-state index is 0.0628. The molecule has 0 saturated carbocycles. The first kappa shape index (κ1) is 20.6. The van der Waals surface area contributed by atoms with Gasteiger partial charge in [0.25, 0.3) is 0 Å². The van der Waals surface area contributed by atoms with Crippen LogP contribution in [0.5, 0.6) is 0 Å². The molecule has 0 radical (unpaired) electrons. The van der Waals surface area contributed by atoms with Crippen molar-refractivity contribution in [3.8, 4) is 0 Å². The van der Waals surface area contributed by atoms with E-state index >= 15 is 0 Å². The van der Waals surface area contributed by atoms with Gasteiger partial charge in [0, 0.05) is 18.1 Å². The number of alkyl halides is 1. The van der Waals surface area contributed by atoms with Crippen molar-refractivity contribution in [2.75, 3.05) is 5.88 Å². The average molecular weight is 411 g/mol. The van der Waals surface area contributed by atoms with Crippen LogP contribution >= 0.6 is 11.6 Å². The lowest BCUT2D eigenvalue weighted by Crippen LogP contribution is -2.52. The van der Waals surface area contributed by atoms with E-state index in [0.717, 1.165) is 0 Å². The quantitative estimate of drug-likeness (QED) is 0.431. The summed E-state index contributed by atoms with van der Waals surface area (Å²) < 4.78 is 16.9. The van der Waals surface area contributed by atoms with Gasteiger partial charge in [0.15, 0.2) is 11.2 Å². The van der Waals surface area contributed by atoms with Crippen LogP contribution in [0.25, 0.3) is 0 Å². The van der Waals surface area contributed by atoms with Crippen LogP contribution in [0.2, 0.25) is 0 Å². The lowest BCUT2D eigenvalue weighted by Gasteiger charge is -2.35. The molecule has 3 rings (SSSR count). The van der Waals surface area contributed by atoms with E-state index in [0.29, 0.717) is 16.9 Å². The highest BCUT2D eigenvalue weighted by Gasteiger charge is 2.61. The Bertz CT molecular complexity index is 826. The van der Waals surface area contributed by atoms with Crippen molar-refractivity contribution < 1.29 is 33.7 Å². The van der Waals surface area contributed by atoms with Crippen LogP contribution < -0.4 is 0 Å². The molecule has 0 amide bonds. The molecule has 3 aliphatic heterocycles. The van der Waals surface area contributed by atoms with E-state index in [4.69, 9.17) is 25.8 Å². The Morgan fingerprint density at radius 2 is 2.14 bits per heavy atom. The molecule has 5 atom stereocenters. The molecule has 28 heavy (non-hydrogen) atoms. The van der Waals surface area contributed by atoms with E-state index in [1.165, 1.54) is 6.08 Å². The summed E-state index contributed by atoms with van der Waals surface area (Å²) in [4.78, 5) is 37.5. The molecule has 7 nitrogen and oxygen atoms in total. The maximum Gasteiger partial charge on any atom is 0.340 e. The van der Waals surface area contributed by atoms with E-state index in [-0.39, 0.29) is 12.2 Å². The number of ether oxygens (including phenoxy) is 3. The third-order valence-corrected chi connectivity index (χ3v) is 6.04. The van der Waals surface area contributed by atoms with Crippen molar-refractivity contribution >= 4 is 29.3 Å². The van der Waals surface area contributed by atoms with Gasteiger partial charge in [-0.05, 0) is 39.3 Å². The Labute approximate surface area is 168 Å². The average Bonchev–Trinajstić information content (AvgIpc) is 3.08. The van der Waals surface area contributed by atoms with Crippen LogP contribution in [0.1, 0.15) is 34.1 Å². The maximum absolute atomic E-state index is 12.6. The number of halogens is 1. The van der Waals surface area contributed by atoms with Gasteiger partial charge in [-0.15, -0.1) is 11.6 Å². The normalized spacial score (nSPS) is 39.5. The zero-order chi connectivity index (χ0) is 20.9. The minimum atomic E-state index is -2.06. The SMILES string of the molecule is C/C=C(/C)C(=O)O[C@@H]1C[C@@]2(C)OC(=CC2=O)/C(C)=C\[C@@H]2OC(=O)[C@@](O)(CCl)[C@@H]21. The predicted octanol–water partition coefficient (Wildman–Crippen LogP) is 1.97. The zero-order valence-corrected chi connectivity index (χ0v) is 16.9. The predicted molar refractivity (Wildman–Crippen MR) is 99.3 cm³/mol. The fourth-order valence-electron chi connectivity index (χ4n) is 3.74. The molecule has 1 saturated heterocycles. The van der Waals surface area contributed by atoms with Crippen LogP contribution in [-0.2, 0) is 28.6 Å². The van der Waals surface area contributed by atoms with E-state index in [9.17, 15) is 19.5 Å². The Morgan fingerprint density at radius 1 is 1.46 bits per heavy atom. The molecule has 3 heterocycles. The number of esters is 2. The Hall–Kier alpha value is -2.12. The molecule has 1 fully saturated rings. The summed E-state index contributed by atoms with van der Waals surface area (Å²) in [5.41, 5.74) is -2.43. The Balaban J connectivity index is 2.12. The fraction of sp³-hybridized carbons (Fsp3) is 0.550. The molecule has 0 unspecified atom stereocenters. The summed E-state index contributed by atoms with van der Waals surface area (Å²) in [6, 6.07) is 0. The van der Waals surface area contributed by atoms with Crippen molar-refractivity contribution in [3.63, 3.8) is 0 Å². The van der Waals surface area contributed by atoms with Crippen molar-refractivity contribution in [3.05, 3.63) is 35.1 Å². The van der Waals surface area contributed by atoms with Crippen LogP contribution in [0.15, 0.2) is 35.1 Å². The highest BCUT2D eigenvalue weighted by molar-refractivity contribution is 6.20. The van der Waals surface area contributed by atoms with Gasteiger partial charge < -0.3 is 19.3 Å². The summed E-state index contributed by atoms with van der Waals surface area (Å²) in [5, 5.41) is 11.0. The summed E-state index contributed by atoms with van der Waals surface area (Å²) >= 11 is 5.94. The molecule has 0 aromatic heterocycles. The number of hydrogen-bond acceptors (Lipinski definition) is 7. The van der Waals surface area contributed by atoms with Crippen molar-refractivity contribution in [1.82, 2.24) is 0 Å². The number of allylic oxidation sites excluding steroid dienone is 2. The zero-order valence-electron chi connectivity index (χ0n) is 16.2. The van der Waals surface area contributed by atoms with Gasteiger partial charge in [-0.2, -0.15) is 0 Å². The second-order valence-electron chi connectivity index (χ2n) is 7.63. The van der Waals surface area contributed by atoms with Gasteiger partial charge in [0.2, 0.25) is 5.78 Å². The largest absolute Gasteiger partial charge is 0.479 e. The lowest BCUT2D eigenvalue weighted by atomic mass is 9.77. The first-order valence-corrected chi connectivity index (χ1v) is 9.56.